The van der Waals surface area contributed by atoms with Crippen molar-refractivity contribution in [2.75, 3.05) is 38.5 Å². The second-order valence-electron chi connectivity index (χ2n) is 7.56. The molecular formula is C24H24N2O5S2. The summed E-state index contributed by atoms with van der Waals surface area (Å²) in [5, 5.41) is 2.23. The van der Waals surface area contributed by atoms with Gasteiger partial charge in [-0.3, -0.25) is 9.59 Å². The maximum Gasteiger partial charge on any atom is 0.316 e. The van der Waals surface area contributed by atoms with Crippen LogP contribution in [0.25, 0.3) is 10.8 Å². The van der Waals surface area contributed by atoms with Gasteiger partial charge in [-0.25, -0.2) is 8.42 Å². The first-order chi connectivity index (χ1) is 15.9. The number of benzene rings is 3. The van der Waals surface area contributed by atoms with Gasteiger partial charge in [-0.2, -0.15) is 4.31 Å². The van der Waals surface area contributed by atoms with Crippen molar-refractivity contribution in [3.05, 3.63) is 72.8 Å². The first-order valence-corrected chi connectivity index (χ1v) is 13.0. The maximum absolute atomic E-state index is 12.7. The molecule has 1 amide bonds. The van der Waals surface area contributed by atoms with Crippen LogP contribution in [0.5, 0.6) is 0 Å². The van der Waals surface area contributed by atoms with Crippen LogP contribution in [0.1, 0.15) is 0 Å². The number of piperazine rings is 1. The van der Waals surface area contributed by atoms with Crippen LogP contribution in [0.3, 0.4) is 0 Å². The van der Waals surface area contributed by atoms with Crippen LogP contribution >= 0.6 is 11.8 Å². The van der Waals surface area contributed by atoms with E-state index in [1.165, 1.54) is 21.0 Å². The number of rotatable bonds is 7. The Kier molecular flexibility index (Phi) is 7.32. The van der Waals surface area contributed by atoms with Crippen LogP contribution in [0.15, 0.2) is 82.6 Å². The van der Waals surface area contributed by atoms with E-state index in [1.807, 2.05) is 42.5 Å². The van der Waals surface area contributed by atoms with Gasteiger partial charge in [0.15, 0.2) is 6.61 Å². The number of carbonyl (C=O) groups excluding carboxylic acids is 2. The zero-order valence-electron chi connectivity index (χ0n) is 17.9. The molecule has 7 nitrogen and oxygen atoms in total. The summed E-state index contributed by atoms with van der Waals surface area (Å²) in [6, 6.07) is 22.2. The molecule has 4 rings (SSSR count). The third kappa shape index (κ3) is 5.73. The van der Waals surface area contributed by atoms with Crippen LogP contribution in [0.2, 0.25) is 0 Å². The largest absolute Gasteiger partial charge is 0.455 e. The third-order valence-electron chi connectivity index (χ3n) is 5.41. The normalized spacial score (nSPS) is 14.8. The van der Waals surface area contributed by atoms with Gasteiger partial charge in [0.1, 0.15) is 0 Å². The lowest BCUT2D eigenvalue weighted by Gasteiger charge is -2.33. The van der Waals surface area contributed by atoms with E-state index in [4.69, 9.17) is 4.74 Å². The van der Waals surface area contributed by atoms with Crippen molar-refractivity contribution < 1.29 is 22.7 Å². The lowest BCUT2D eigenvalue weighted by molar-refractivity contribution is -0.150. The summed E-state index contributed by atoms with van der Waals surface area (Å²) in [5.41, 5.74) is 0. The van der Waals surface area contributed by atoms with E-state index < -0.39 is 16.0 Å². The standard InChI is InChI=1S/C24H24N2O5S2/c27-23(25-12-14-26(15-13-25)33(29,30)22-8-2-1-3-9-22)17-31-24(28)18-32-21-11-10-19-6-4-5-7-20(19)16-21/h1-11,16H,12-15,17-18H2. The van der Waals surface area contributed by atoms with Crippen molar-refractivity contribution in [2.45, 2.75) is 9.79 Å². The first-order valence-electron chi connectivity index (χ1n) is 10.5. The Labute approximate surface area is 197 Å². The highest BCUT2D eigenvalue weighted by Crippen LogP contribution is 2.23. The number of nitrogens with zero attached hydrogens (tertiary/aromatic N) is 2. The summed E-state index contributed by atoms with van der Waals surface area (Å²) in [5.74, 6) is -0.683. The van der Waals surface area contributed by atoms with Crippen LogP contribution in [0, 0.1) is 0 Å². The van der Waals surface area contributed by atoms with Crippen molar-refractivity contribution in [1.82, 2.24) is 9.21 Å². The summed E-state index contributed by atoms with van der Waals surface area (Å²) < 4.78 is 31.9. The molecule has 1 fully saturated rings. The first kappa shape index (κ1) is 23.3. The lowest BCUT2D eigenvalue weighted by atomic mass is 10.1. The molecule has 9 heteroatoms. The van der Waals surface area contributed by atoms with Crippen molar-refractivity contribution in [3.8, 4) is 0 Å². The van der Waals surface area contributed by atoms with Gasteiger partial charge >= 0.3 is 5.97 Å². The van der Waals surface area contributed by atoms with Gasteiger partial charge in [-0.15, -0.1) is 11.8 Å². The number of sulfonamides is 1. The van der Waals surface area contributed by atoms with Gasteiger partial charge in [-0.1, -0.05) is 48.5 Å². The smallest absolute Gasteiger partial charge is 0.316 e. The number of fused-ring (bicyclic) bond motifs is 1. The molecule has 1 saturated heterocycles. The number of thioether (sulfide) groups is 1. The zero-order chi connectivity index (χ0) is 23.3. The van der Waals surface area contributed by atoms with Gasteiger partial charge < -0.3 is 9.64 Å². The number of esters is 1. The molecular weight excluding hydrogens is 460 g/mol. The highest BCUT2D eigenvalue weighted by molar-refractivity contribution is 8.00. The Bertz CT molecular complexity index is 1240. The molecule has 3 aromatic carbocycles. The summed E-state index contributed by atoms with van der Waals surface area (Å²) in [7, 11) is -3.58. The SMILES string of the molecule is O=C(CSc1ccc2ccccc2c1)OCC(=O)N1CCN(S(=O)(=O)c2ccccc2)CC1. The molecule has 0 saturated carbocycles. The average molecular weight is 485 g/mol. The summed E-state index contributed by atoms with van der Waals surface area (Å²) in [6.07, 6.45) is 0. The molecule has 0 N–H and O–H groups in total. The van der Waals surface area contributed by atoms with E-state index in [2.05, 4.69) is 0 Å². The van der Waals surface area contributed by atoms with E-state index >= 15 is 0 Å². The molecule has 33 heavy (non-hydrogen) atoms. The Hall–Kier alpha value is -2.88. The minimum absolute atomic E-state index is 0.106. The predicted molar refractivity (Wildman–Crippen MR) is 127 cm³/mol. The van der Waals surface area contributed by atoms with E-state index in [0.717, 1.165) is 15.7 Å². The minimum atomic E-state index is -3.58. The molecule has 1 heterocycles. The number of ether oxygens (including phenoxy) is 1. The average Bonchev–Trinajstić information content (AvgIpc) is 2.86. The fraction of sp³-hybridized carbons (Fsp3) is 0.250. The van der Waals surface area contributed by atoms with Crippen LogP contribution in [0.4, 0.5) is 0 Å². The van der Waals surface area contributed by atoms with Crippen molar-refractivity contribution in [1.29, 1.82) is 0 Å². The highest BCUT2D eigenvalue weighted by Gasteiger charge is 2.30. The minimum Gasteiger partial charge on any atom is -0.455 e. The number of hydrogen-bond donors (Lipinski definition) is 0. The summed E-state index contributed by atoms with van der Waals surface area (Å²) >= 11 is 1.36. The van der Waals surface area contributed by atoms with Gasteiger partial charge in [0.25, 0.3) is 5.91 Å². The zero-order valence-corrected chi connectivity index (χ0v) is 19.6. The Morgan fingerprint density at radius 2 is 1.52 bits per heavy atom. The molecule has 1 aliphatic rings. The van der Waals surface area contributed by atoms with Gasteiger partial charge in [-0.05, 0) is 35.0 Å². The Morgan fingerprint density at radius 1 is 0.848 bits per heavy atom. The van der Waals surface area contributed by atoms with Crippen molar-refractivity contribution >= 4 is 44.4 Å². The molecule has 172 valence electrons. The summed E-state index contributed by atoms with van der Waals surface area (Å²) in [4.78, 5) is 27.2. The molecule has 0 spiro atoms. The Balaban J connectivity index is 1.22. The van der Waals surface area contributed by atoms with Gasteiger partial charge in [0.05, 0.1) is 10.6 Å². The molecule has 0 unspecified atom stereocenters. The molecule has 0 bridgehead atoms. The third-order valence-corrected chi connectivity index (χ3v) is 8.29. The molecule has 1 aliphatic heterocycles. The van der Waals surface area contributed by atoms with E-state index in [1.54, 1.807) is 30.3 Å². The molecule has 0 aliphatic carbocycles. The highest BCUT2D eigenvalue weighted by atomic mass is 32.2. The molecule has 0 aromatic heterocycles. The summed E-state index contributed by atoms with van der Waals surface area (Å²) in [6.45, 7) is 0.578. The Morgan fingerprint density at radius 3 is 2.24 bits per heavy atom. The number of amides is 1. The molecule has 0 atom stereocenters. The van der Waals surface area contributed by atoms with Crippen LogP contribution < -0.4 is 0 Å². The topological polar surface area (TPSA) is 84.0 Å². The molecule has 0 radical (unpaired) electrons. The number of carbonyl (C=O) groups is 2. The fourth-order valence-electron chi connectivity index (χ4n) is 3.59. The maximum atomic E-state index is 12.7. The van der Waals surface area contributed by atoms with E-state index in [0.29, 0.717) is 0 Å². The fourth-order valence-corrected chi connectivity index (χ4v) is 5.78. The lowest BCUT2D eigenvalue weighted by Crippen LogP contribution is -2.51. The molecule has 3 aromatic rings. The van der Waals surface area contributed by atoms with Gasteiger partial charge in [0, 0.05) is 31.1 Å². The van der Waals surface area contributed by atoms with E-state index in [-0.39, 0.29) is 49.3 Å². The second-order valence-corrected chi connectivity index (χ2v) is 10.5. The monoisotopic (exact) mass is 484 g/mol. The van der Waals surface area contributed by atoms with Crippen molar-refractivity contribution in [3.63, 3.8) is 0 Å². The van der Waals surface area contributed by atoms with Crippen LogP contribution in [-0.2, 0) is 24.3 Å². The predicted octanol–water partition coefficient (Wildman–Crippen LogP) is 3.01. The van der Waals surface area contributed by atoms with E-state index in [9.17, 15) is 18.0 Å². The van der Waals surface area contributed by atoms with Gasteiger partial charge in [0.2, 0.25) is 10.0 Å². The second kappa shape index (κ2) is 10.4. The van der Waals surface area contributed by atoms with Crippen molar-refractivity contribution in [2.24, 2.45) is 0 Å². The van der Waals surface area contributed by atoms with Crippen LogP contribution in [-0.4, -0.2) is 68.0 Å². The number of hydrogen-bond acceptors (Lipinski definition) is 6. The quantitative estimate of drug-likeness (QED) is 0.379.